The van der Waals surface area contributed by atoms with Crippen molar-refractivity contribution < 1.29 is 28.5 Å². The molecule has 226 valence electrons. The molecule has 0 radical (unpaired) electrons. The van der Waals surface area contributed by atoms with Crippen molar-refractivity contribution >= 4 is 12.2 Å². The summed E-state index contributed by atoms with van der Waals surface area (Å²) in [6, 6.07) is 31.4. The molecule has 0 aliphatic carbocycles. The number of amides is 2. The number of hydrogen-bond donors (Lipinski definition) is 2. The number of alkyl carbamates (subject to hydrolysis) is 2. The van der Waals surface area contributed by atoms with Crippen LogP contribution in [-0.2, 0) is 9.47 Å². The van der Waals surface area contributed by atoms with Crippen LogP contribution in [0.5, 0.6) is 23.0 Å². The first-order chi connectivity index (χ1) is 21.7. The van der Waals surface area contributed by atoms with Gasteiger partial charge in [-0.15, -0.1) is 0 Å². The molecule has 0 atom stereocenters. The number of ether oxygens (including phenoxy) is 4. The molecule has 6 rings (SSSR count). The Labute approximate surface area is 257 Å². The topological polar surface area (TPSA) is 95.1 Å². The summed E-state index contributed by atoms with van der Waals surface area (Å²) in [5.41, 5.74) is 4.04. The Hall–Kier alpha value is -4.98. The van der Waals surface area contributed by atoms with Crippen LogP contribution < -0.4 is 20.1 Å². The van der Waals surface area contributed by atoms with E-state index in [-0.39, 0.29) is 25.0 Å². The number of hydrogen-bond acceptors (Lipinski definition) is 6. The molecule has 2 N–H and O–H groups in total. The first-order valence-electron chi connectivity index (χ1n) is 15.2. The fourth-order valence-corrected chi connectivity index (χ4v) is 5.78. The quantitative estimate of drug-likeness (QED) is 0.172. The SMILES string of the molecule is O=C(NCCCCCCNC(=O)OCC1c2ccccc2Oc2ccccc21)OCC1c2ccccc2Oc2ccccc21. The van der Waals surface area contributed by atoms with E-state index in [1.807, 2.05) is 97.1 Å². The molecular formula is C36H36N2O6. The fraction of sp³-hybridized carbons (Fsp3) is 0.278. The van der Waals surface area contributed by atoms with Gasteiger partial charge in [0, 0.05) is 35.3 Å². The van der Waals surface area contributed by atoms with Crippen LogP contribution in [0, 0.1) is 0 Å². The highest BCUT2D eigenvalue weighted by Gasteiger charge is 2.29. The van der Waals surface area contributed by atoms with E-state index in [1.54, 1.807) is 0 Å². The van der Waals surface area contributed by atoms with E-state index in [9.17, 15) is 9.59 Å². The number of rotatable bonds is 11. The Morgan fingerprint density at radius 1 is 0.500 bits per heavy atom. The van der Waals surface area contributed by atoms with Crippen molar-refractivity contribution in [3.8, 4) is 23.0 Å². The lowest BCUT2D eigenvalue weighted by Gasteiger charge is -2.27. The molecule has 44 heavy (non-hydrogen) atoms. The van der Waals surface area contributed by atoms with Crippen LogP contribution in [0.1, 0.15) is 59.8 Å². The number of carbonyl (C=O) groups excluding carboxylic acids is 2. The van der Waals surface area contributed by atoms with Crippen molar-refractivity contribution in [1.29, 1.82) is 0 Å². The highest BCUT2D eigenvalue weighted by atomic mass is 16.6. The highest BCUT2D eigenvalue weighted by Crippen LogP contribution is 2.45. The zero-order valence-electron chi connectivity index (χ0n) is 24.5. The molecular weight excluding hydrogens is 556 g/mol. The lowest BCUT2D eigenvalue weighted by atomic mass is 9.89. The van der Waals surface area contributed by atoms with Crippen molar-refractivity contribution in [2.45, 2.75) is 37.5 Å². The molecule has 8 heteroatoms. The van der Waals surface area contributed by atoms with Gasteiger partial charge in [0.1, 0.15) is 36.2 Å². The summed E-state index contributed by atoms with van der Waals surface area (Å²) in [4.78, 5) is 24.8. The number of nitrogens with one attached hydrogen (secondary N) is 2. The summed E-state index contributed by atoms with van der Waals surface area (Å²) < 4.78 is 23.2. The number of benzene rings is 4. The van der Waals surface area contributed by atoms with Crippen LogP contribution in [0.15, 0.2) is 97.1 Å². The fourth-order valence-electron chi connectivity index (χ4n) is 5.78. The molecule has 0 saturated heterocycles. The van der Waals surface area contributed by atoms with Gasteiger partial charge in [0.25, 0.3) is 0 Å². The number of fused-ring (bicyclic) bond motifs is 4. The lowest BCUT2D eigenvalue weighted by molar-refractivity contribution is 0.140. The van der Waals surface area contributed by atoms with Crippen molar-refractivity contribution in [3.05, 3.63) is 119 Å². The van der Waals surface area contributed by atoms with E-state index in [1.165, 1.54) is 0 Å². The van der Waals surface area contributed by atoms with Gasteiger partial charge in [-0.3, -0.25) is 0 Å². The standard InChI is InChI=1S/C36H36N2O6/c39-35(41-23-29-25-13-3-7-17-31(25)43-32-18-8-4-14-26(29)32)37-21-11-1-2-12-22-38-36(40)42-24-30-27-15-5-9-19-33(27)44-34-20-10-6-16-28(30)34/h3-10,13-20,29-30H,1-2,11-12,21-24H2,(H,37,39)(H,38,40). The molecule has 0 aromatic heterocycles. The predicted molar refractivity (Wildman–Crippen MR) is 167 cm³/mol. The van der Waals surface area contributed by atoms with E-state index in [2.05, 4.69) is 10.6 Å². The minimum atomic E-state index is -0.425. The minimum Gasteiger partial charge on any atom is -0.457 e. The lowest BCUT2D eigenvalue weighted by Crippen LogP contribution is -2.28. The Morgan fingerprint density at radius 2 is 0.818 bits per heavy atom. The summed E-state index contributed by atoms with van der Waals surface area (Å²) in [5, 5.41) is 5.70. The molecule has 4 aromatic carbocycles. The summed E-state index contributed by atoms with van der Waals surface area (Å²) in [7, 11) is 0. The Morgan fingerprint density at radius 3 is 1.16 bits per heavy atom. The van der Waals surface area contributed by atoms with Gasteiger partial charge in [0.15, 0.2) is 0 Å². The minimum absolute atomic E-state index is 0.0793. The van der Waals surface area contributed by atoms with Gasteiger partial charge in [-0.2, -0.15) is 0 Å². The second kappa shape index (κ2) is 14.0. The largest absolute Gasteiger partial charge is 0.457 e. The molecule has 2 aliphatic heterocycles. The zero-order valence-corrected chi connectivity index (χ0v) is 24.5. The van der Waals surface area contributed by atoms with Gasteiger partial charge in [-0.25, -0.2) is 9.59 Å². The molecule has 0 fully saturated rings. The molecule has 4 aromatic rings. The van der Waals surface area contributed by atoms with Gasteiger partial charge in [-0.05, 0) is 37.1 Å². The van der Waals surface area contributed by atoms with Crippen LogP contribution in [0.25, 0.3) is 0 Å². The van der Waals surface area contributed by atoms with Crippen molar-refractivity contribution in [3.63, 3.8) is 0 Å². The summed E-state index contributed by atoms with van der Waals surface area (Å²) >= 11 is 0. The van der Waals surface area contributed by atoms with Gasteiger partial charge >= 0.3 is 12.2 Å². The maximum absolute atomic E-state index is 12.4. The van der Waals surface area contributed by atoms with Crippen LogP contribution in [0.4, 0.5) is 9.59 Å². The second-order valence-electron chi connectivity index (χ2n) is 10.9. The van der Waals surface area contributed by atoms with Gasteiger partial charge in [0.05, 0.1) is 11.8 Å². The predicted octanol–water partition coefficient (Wildman–Crippen LogP) is 7.87. The maximum atomic E-state index is 12.4. The number of unbranched alkanes of at least 4 members (excludes halogenated alkanes) is 3. The van der Waals surface area contributed by atoms with Gasteiger partial charge in [0.2, 0.25) is 0 Å². The van der Waals surface area contributed by atoms with Crippen LogP contribution >= 0.6 is 0 Å². The maximum Gasteiger partial charge on any atom is 0.407 e. The molecule has 8 nitrogen and oxygen atoms in total. The van der Waals surface area contributed by atoms with Gasteiger partial charge in [-0.1, -0.05) is 85.6 Å². The third-order valence-electron chi connectivity index (χ3n) is 8.02. The summed E-state index contributed by atoms with van der Waals surface area (Å²) in [6.45, 7) is 1.53. The Bertz CT molecular complexity index is 1400. The molecule has 0 spiro atoms. The first-order valence-corrected chi connectivity index (χ1v) is 15.2. The summed E-state index contributed by atoms with van der Waals surface area (Å²) in [6.07, 6.45) is 2.65. The van der Waals surface area contributed by atoms with E-state index in [0.29, 0.717) is 13.1 Å². The van der Waals surface area contributed by atoms with E-state index in [0.717, 1.165) is 70.9 Å². The van der Waals surface area contributed by atoms with Crippen molar-refractivity contribution in [2.24, 2.45) is 0 Å². The zero-order chi connectivity index (χ0) is 30.1. The first kappa shape index (κ1) is 29.1. The third-order valence-corrected chi connectivity index (χ3v) is 8.02. The van der Waals surface area contributed by atoms with E-state index < -0.39 is 12.2 Å². The van der Waals surface area contributed by atoms with Gasteiger partial charge < -0.3 is 29.6 Å². The molecule has 2 aliphatic rings. The smallest absolute Gasteiger partial charge is 0.407 e. The van der Waals surface area contributed by atoms with Crippen molar-refractivity contribution in [2.75, 3.05) is 26.3 Å². The third kappa shape index (κ3) is 6.80. The van der Waals surface area contributed by atoms with Crippen LogP contribution in [0.2, 0.25) is 0 Å². The average Bonchev–Trinajstić information content (AvgIpc) is 3.06. The van der Waals surface area contributed by atoms with Crippen LogP contribution in [-0.4, -0.2) is 38.5 Å². The van der Waals surface area contributed by atoms with E-state index >= 15 is 0 Å². The molecule has 0 saturated carbocycles. The highest BCUT2D eigenvalue weighted by molar-refractivity contribution is 5.68. The Kier molecular flexibility index (Phi) is 9.26. The molecule has 0 unspecified atom stereocenters. The van der Waals surface area contributed by atoms with Crippen molar-refractivity contribution in [1.82, 2.24) is 10.6 Å². The monoisotopic (exact) mass is 592 g/mol. The summed E-state index contributed by atoms with van der Waals surface area (Å²) in [5.74, 6) is 3.00. The number of carbonyl (C=O) groups is 2. The van der Waals surface area contributed by atoms with Crippen LogP contribution in [0.3, 0.4) is 0 Å². The Balaban J connectivity index is 0.854. The number of para-hydroxylation sites is 4. The van der Waals surface area contributed by atoms with E-state index in [4.69, 9.17) is 18.9 Å². The average molecular weight is 593 g/mol. The molecule has 2 heterocycles. The normalized spacial score (nSPS) is 13.2. The molecule has 2 amide bonds. The molecule has 0 bridgehead atoms. The second-order valence-corrected chi connectivity index (χ2v) is 10.9.